The monoisotopic (exact) mass is 250 g/mol. The first-order valence-corrected chi connectivity index (χ1v) is 2.19. The molecule has 4 nitrogen and oxygen atoms in total. The molecule has 0 aromatic heterocycles. The van der Waals surface area contributed by atoms with Crippen LogP contribution in [0.3, 0.4) is 0 Å². The Morgan fingerprint density at radius 3 is 1.14 bits per heavy atom. The fourth-order valence-corrected chi connectivity index (χ4v) is 0. The summed E-state index contributed by atoms with van der Waals surface area (Å²) in [5.74, 6) is 0. The van der Waals surface area contributed by atoms with Crippen LogP contribution in [0.25, 0.3) is 0 Å². The van der Waals surface area contributed by atoms with Crippen molar-refractivity contribution in [3.8, 4) is 0 Å². The largest absolute Gasteiger partial charge is 4.00 e. The van der Waals surface area contributed by atoms with Crippen LogP contribution in [0.4, 0.5) is 0 Å². The Kier molecular flexibility index (Phi) is 12.9. The second-order valence-electron chi connectivity index (χ2n) is 0.447. The molecule has 0 unspecified atom stereocenters. The second kappa shape index (κ2) is 5.70. The van der Waals surface area contributed by atoms with Crippen LogP contribution in [-0.2, 0) is 48.7 Å². The molecule has 0 saturated carbocycles. The van der Waals surface area contributed by atoms with E-state index >= 15 is 0 Å². The molecule has 42 valence electrons. The predicted molar refractivity (Wildman–Crippen MR) is 7.61 cm³/mol. The summed E-state index contributed by atoms with van der Waals surface area (Å²) in [5.41, 5.74) is 0. The van der Waals surface area contributed by atoms with Crippen molar-refractivity contribution in [2.24, 2.45) is 0 Å². The first-order chi connectivity index (χ1) is 2.00. The van der Waals surface area contributed by atoms with Gasteiger partial charge < -0.3 is 19.2 Å². The van der Waals surface area contributed by atoms with Gasteiger partial charge in [0, 0.05) is 0 Å². The zero-order valence-corrected chi connectivity index (χ0v) is 6.82. The van der Waals surface area contributed by atoms with Crippen LogP contribution in [0.1, 0.15) is 0 Å². The summed E-state index contributed by atoms with van der Waals surface area (Å²) in [7, 11) is -5.39. The van der Waals surface area contributed by atoms with Crippen molar-refractivity contribution in [2.45, 2.75) is 0 Å². The normalized spacial score (nSPS) is 8.43. The minimum atomic E-state index is -5.39. The Bertz CT molecular complexity index is 57.8. The molecule has 0 radical (unpaired) electrons. The molecule has 0 saturated heterocycles. The van der Waals surface area contributed by atoms with Crippen LogP contribution in [0.2, 0.25) is 0 Å². The summed E-state index contributed by atoms with van der Waals surface area (Å²) in [6, 6.07) is 0. The van der Waals surface area contributed by atoms with Crippen molar-refractivity contribution in [3.05, 3.63) is 0 Å². The average molecular weight is 251 g/mol. The average Bonchev–Trinajstić information content (AvgIpc) is 0.722. The number of hydrogen-bond donors (Lipinski definition) is 0. The zero-order valence-electron chi connectivity index (χ0n) is 2.88. The van der Waals surface area contributed by atoms with Crippen LogP contribution in [-0.4, -0.2) is 0 Å². The topological polar surface area (TPSA) is 86.2 Å². The first kappa shape index (κ1) is 15.8. The van der Waals surface area contributed by atoms with Crippen LogP contribution < -0.4 is 14.7 Å². The molecule has 0 heterocycles. The molecule has 0 aromatic carbocycles. The van der Waals surface area contributed by atoms with Crippen molar-refractivity contribution >= 4 is 7.82 Å². The fourth-order valence-electron chi connectivity index (χ4n) is 0. The van der Waals surface area contributed by atoms with Gasteiger partial charge in [-0.2, -0.15) is 7.82 Å². The summed E-state index contributed by atoms with van der Waals surface area (Å²) in [6.45, 7) is 0. The number of rotatable bonds is 0. The van der Waals surface area contributed by atoms with Gasteiger partial charge in [-0.1, -0.05) is 0 Å². The molecule has 0 N–H and O–H groups in total. The van der Waals surface area contributed by atoms with E-state index in [0.717, 1.165) is 0 Å². The quantitative estimate of drug-likeness (QED) is 0.343. The van der Waals surface area contributed by atoms with E-state index < -0.39 is 7.82 Å². The van der Waals surface area contributed by atoms with Crippen LogP contribution in [0, 0.1) is 0 Å². The minimum Gasteiger partial charge on any atom is -0.822 e. The van der Waals surface area contributed by atoms with E-state index in [2.05, 4.69) is 0 Å². The maximum Gasteiger partial charge on any atom is 4.00 e. The van der Waals surface area contributed by atoms with Crippen molar-refractivity contribution < 1.29 is 63.3 Å². The third-order valence-corrected chi connectivity index (χ3v) is 0. The smallest absolute Gasteiger partial charge is 0.822 e. The molecule has 0 aliphatic heterocycles. The Morgan fingerprint density at radius 2 is 1.14 bits per heavy atom. The summed E-state index contributed by atoms with van der Waals surface area (Å²) in [4.78, 5) is 25.6. The molecule has 0 amide bonds. The van der Waals surface area contributed by atoms with Crippen molar-refractivity contribution in [2.75, 3.05) is 0 Å². The third kappa shape index (κ3) is 95.7. The molecule has 7 heteroatoms. The zero-order chi connectivity index (χ0) is 4.50. The SMILES string of the molecule is O=P([O-])([O-])[O-].[Ag+].[Ti+4]. The van der Waals surface area contributed by atoms with Crippen LogP contribution in [0.15, 0.2) is 0 Å². The van der Waals surface area contributed by atoms with Gasteiger partial charge in [-0.15, -0.1) is 0 Å². The Morgan fingerprint density at radius 1 is 1.14 bits per heavy atom. The molecule has 0 fully saturated rings. The number of hydrogen-bond acceptors (Lipinski definition) is 4. The molecule has 0 aliphatic carbocycles. The van der Waals surface area contributed by atoms with Gasteiger partial charge in [0.1, 0.15) is 0 Å². The van der Waals surface area contributed by atoms with Crippen LogP contribution >= 0.6 is 7.82 Å². The minimum absolute atomic E-state index is 0. The van der Waals surface area contributed by atoms with Crippen molar-refractivity contribution in [3.63, 3.8) is 0 Å². The summed E-state index contributed by atoms with van der Waals surface area (Å²) < 4.78 is 8.55. The van der Waals surface area contributed by atoms with Gasteiger partial charge in [0.15, 0.2) is 0 Å². The predicted octanol–water partition coefficient (Wildman–Crippen LogP) is -2.83. The van der Waals surface area contributed by atoms with Crippen molar-refractivity contribution in [1.29, 1.82) is 0 Å². The molecule has 0 aliphatic rings. The van der Waals surface area contributed by atoms with Gasteiger partial charge in [0.2, 0.25) is 0 Å². The fraction of sp³-hybridized carbons (Fsp3) is 0. The molecular weight excluding hydrogens is 251 g/mol. The molecule has 0 rings (SSSR count). The molecule has 7 heavy (non-hydrogen) atoms. The van der Waals surface area contributed by atoms with E-state index in [1.54, 1.807) is 0 Å². The molecule has 0 bridgehead atoms. The summed E-state index contributed by atoms with van der Waals surface area (Å²) >= 11 is 0. The molecule has 0 atom stereocenters. The molecule has 0 aromatic rings. The Labute approximate surface area is 70.9 Å². The van der Waals surface area contributed by atoms with E-state index in [4.69, 9.17) is 19.2 Å². The third-order valence-electron chi connectivity index (χ3n) is 0. The first-order valence-electron chi connectivity index (χ1n) is 0.730. The van der Waals surface area contributed by atoms with Gasteiger partial charge in [0.25, 0.3) is 0 Å². The van der Waals surface area contributed by atoms with Crippen LogP contribution in [0.5, 0.6) is 0 Å². The van der Waals surface area contributed by atoms with Gasteiger partial charge >= 0.3 is 44.1 Å². The Balaban J connectivity index is -0.0000000800. The summed E-state index contributed by atoms with van der Waals surface area (Å²) in [5, 5.41) is 0. The Hall–Kier alpha value is 1.56. The second-order valence-corrected chi connectivity index (χ2v) is 1.34. The van der Waals surface area contributed by atoms with Gasteiger partial charge in [-0.25, -0.2) is 0 Å². The summed E-state index contributed by atoms with van der Waals surface area (Å²) in [6.07, 6.45) is 0. The van der Waals surface area contributed by atoms with E-state index in [9.17, 15) is 0 Å². The maximum absolute atomic E-state index is 8.55. The van der Waals surface area contributed by atoms with Gasteiger partial charge in [0.05, 0.1) is 0 Å². The molecule has 0 spiro atoms. The number of phosphoric acid groups is 1. The van der Waals surface area contributed by atoms with E-state index in [-0.39, 0.29) is 44.1 Å². The van der Waals surface area contributed by atoms with E-state index in [0.29, 0.717) is 0 Å². The van der Waals surface area contributed by atoms with Gasteiger partial charge in [-0.05, 0) is 0 Å². The molecular formula is AgO4PTi+2. The van der Waals surface area contributed by atoms with Gasteiger partial charge in [-0.3, -0.25) is 0 Å². The van der Waals surface area contributed by atoms with Crippen molar-refractivity contribution in [1.82, 2.24) is 0 Å². The standard InChI is InChI=1S/Ag.H3O4P.Ti/c;1-5(2,3)4;/h;(H3,1,2,3,4);/q+1;;+4/p-3. The maximum atomic E-state index is 8.55. The van der Waals surface area contributed by atoms with E-state index in [1.807, 2.05) is 0 Å². The van der Waals surface area contributed by atoms with E-state index in [1.165, 1.54) is 0 Å².